The van der Waals surface area contributed by atoms with Crippen LogP contribution in [0.4, 0.5) is 0 Å². The Kier molecular flexibility index (Phi) is 2.04. The zero-order valence-electron chi connectivity index (χ0n) is 8.52. The topological polar surface area (TPSA) is 43.1 Å². The van der Waals surface area contributed by atoms with E-state index in [0.717, 1.165) is 11.4 Å². The van der Waals surface area contributed by atoms with Gasteiger partial charge in [0.15, 0.2) is 5.82 Å². The molecule has 0 aliphatic heterocycles. The Morgan fingerprint density at radius 3 is 2.79 bits per heavy atom. The van der Waals surface area contributed by atoms with Gasteiger partial charge in [0, 0.05) is 11.4 Å². The summed E-state index contributed by atoms with van der Waals surface area (Å²) in [6.07, 6.45) is 3.78. The molecule has 0 aliphatic carbocycles. The van der Waals surface area contributed by atoms with Crippen molar-refractivity contribution in [1.29, 1.82) is 0 Å². The van der Waals surface area contributed by atoms with Crippen LogP contribution in [0.5, 0.6) is 0 Å². The molecule has 14 heavy (non-hydrogen) atoms. The molecule has 0 fully saturated rings. The Hall–Kier alpha value is -1.71. The third-order valence-corrected chi connectivity index (χ3v) is 1.95. The average Bonchev–Trinajstić information content (AvgIpc) is 2.48. The number of fused-ring (bicyclic) bond motifs is 1. The highest BCUT2D eigenvalue weighted by Crippen LogP contribution is 2.05. The average molecular weight is 188 g/mol. The Balaban J connectivity index is 2.70. The van der Waals surface area contributed by atoms with Gasteiger partial charge in [-0.05, 0) is 32.9 Å². The molecule has 0 N–H and O–H groups in total. The van der Waals surface area contributed by atoms with E-state index in [1.807, 2.05) is 39.0 Å². The van der Waals surface area contributed by atoms with Crippen molar-refractivity contribution in [2.45, 2.75) is 20.8 Å². The minimum Gasteiger partial charge on any atom is -0.216 e. The number of hydrogen-bond acceptors (Lipinski definition) is 3. The van der Waals surface area contributed by atoms with Gasteiger partial charge in [0.05, 0.1) is 0 Å². The molecule has 0 bridgehead atoms. The number of allylic oxidation sites excluding steroid dienone is 1. The zero-order chi connectivity index (χ0) is 10.1. The highest BCUT2D eigenvalue weighted by molar-refractivity contribution is 5.43. The van der Waals surface area contributed by atoms with Gasteiger partial charge in [-0.15, -0.1) is 5.10 Å². The van der Waals surface area contributed by atoms with Crippen LogP contribution in [-0.2, 0) is 0 Å². The van der Waals surface area contributed by atoms with Crippen LogP contribution in [0, 0.1) is 13.8 Å². The van der Waals surface area contributed by atoms with Crippen LogP contribution in [0.3, 0.4) is 0 Å². The second-order valence-electron chi connectivity index (χ2n) is 3.22. The molecule has 0 unspecified atom stereocenters. The SMILES string of the molecule is C/C=C/c1nc2nc(C)cc(C)n2n1. The number of nitrogens with zero attached hydrogens (tertiary/aromatic N) is 4. The van der Waals surface area contributed by atoms with E-state index in [-0.39, 0.29) is 0 Å². The van der Waals surface area contributed by atoms with Crippen LogP contribution in [0.2, 0.25) is 0 Å². The summed E-state index contributed by atoms with van der Waals surface area (Å²) in [7, 11) is 0. The number of aromatic nitrogens is 4. The number of aryl methyl sites for hydroxylation is 2. The molecule has 0 spiro atoms. The summed E-state index contributed by atoms with van der Waals surface area (Å²) in [5.41, 5.74) is 2.02. The summed E-state index contributed by atoms with van der Waals surface area (Å²) in [6.45, 7) is 5.89. The van der Waals surface area contributed by atoms with Crippen molar-refractivity contribution in [3.63, 3.8) is 0 Å². The molecule has 0 aliphatic rings. The lowest BCUT2D eigenvalue weighted by Crippen LogP contribution is -1.97. The summed E-state index contributed by atoms with van der Waals surface area (Å²) >= 11 is 0. The fraction of sp³-hybridized carbons (Fsp3) is 0.300. The van der Waals surface area contributed by atoms with Gasteiger partial charge >= 0.3 is 0 Å². The van der Waals surface area contributed by atoms with Gasteiger partial charge < -0.3 is 0 Å². The zero-order valence-corrected chi connectivity index (χ0v) is 8.52. The first kappa shape index (κ1) is 8.87. The Morgan fingerprint density at radius 2 is 2.07 bits per heavy atom. The van der Waals surface area contributed by atoms with Crippen LogP contribution >= 0.6 is 0 Å². The Bertz CT molecular complexity index is 496. The van der Waals surface area contributed by atoms with E-state index in [9.17, 15) is 0 Å². The summed E-state index contributed by atoms with van der Waals surface area (Å²) in [5.74, 6) is 1.37. The summed E-state index contributed by atoms with van der Waals surface area (Å²) in [5, 5.41) is 4.30. The molecule has 4 nitrogen and oxygen atoms in total. The van der Waals surface area contributed by atoms with Crippen LogP contribution in [0.25, 0.3) is 11.9 Å². The quantitative estimate of drug-likeness (QED) is 0.685. The summed E-state index contributed by atoms with van der Waals surface area (Å²) in [4.78, 5) is 8.57. The first-order valence-electron chi connectivity index (χ1n) is 4.54. The molecule has 0 atom stereocenters. The molecule has 0 saturated carbocycles. The third-order valence-electron chi connectivity index (χ3n) is 1.95. The highest BCUT2D eigenvalue weighted by atomic mass is 15.3. The van der Waals surface area contributed by atoms with Crippen LogP contribution in [0.15, 0.2) is 12.1 Å². The minimum atomic E-state index is 0.663. The first-order valence-corrected chi connectivity index (χ1v) is 4.54. The number of rotatable bonds is 1. The second-order valence-corrected chi connectivity index (χ2v) is 3.22. The lowest BCUT2D eigenvalue weighted by atomic mass is 10.4. The van der Waals surface area contributed by atoms with E-state index in [2.05, 4.69) is 15.1 Å². The smallest absolute Gasteiger partial charge is 0.216 e. The third kappa shape index (κ3) is 1.39. The predicted octanol–water partition coefficient (Wildman–Crippen LogP) is 1.77. The normalized spacial score (nSPS) is 11.6. The highest BCUT2D eigenvalue weighted by Gasteiger charge is 2.04. The molecule has 2 heterocycles. The van der Waals surface area contributed by atoms with Gasteiger partial charge in [0.1, 0.15) is 0 Å². The van der Waals surface area contributed by atoms with Crippen molar-refractivity contribution < 1.29 is 0 Å². The van der Waals surface area contributed by atoms with Gasteiger partial charge in [0.2, 0.25) is 0 Å². The maximum Gasteiger partial charge on any atom is 0.253 e. The monoisotopic (exact) mass is 188 g/mol. The maximum atomic E-state index is 4.30. The largest absolute Gasteiger partial charge is 0.253 e. The fourth-order valence-electron chi connectivity index (χ4n) is 1.40. The van der Waals surface area contributed by atoms with Crippen LogP contribution in [0.1, 0.15) is 24.1 Å². The standard InChI is InChI=1S/C10H12N4/c1-4-5-9-12-10-11-7(2)6-8(3)14(10)13-9/h4-6H,1-3H3/b5-4+. The lowest BCUT2D eigenvalue weighted by molar-refractivity contribution is 0.881. The minimum absolute atomic E-state index is 0.663. The Labute approximate surface area is 82.3 Å². The van der Waals surface area contributed by atoms with Crippen LogP contribution in [-0.4, -0.2) is 19.6 Å². The Morgan fingerprint density at radius 1 is 1.29 bits per heavy atom. The van der Waals surface area contributed by atoms with Crippen molar-refractivity contribution in [1.82, 2.24) is 19.6 Å². The van der Waals surface area contributed by atoms with Crippen molar-refractivity contribution in [3.05, 3.63) is 29.4 Å². The van der Waals surface area contributed by atoms with E-state index in [0.29, 0.717) is 11.6 Å². The van der Waals surface area contributed by atoms with Crippen molar-refractivity contribution in [2.75, 3.05) is 0 Å². The van der Waals surface area contributed by atoms with Gasteiger partial charge in [-0.25, -0.2) is 9.50 Å². The van der Waals surface area contributed by atoms with Gasteiger partial charge in [-0.2, -0.15) is 4.98 Å². The van der Waals surface area contributed by atoms with Crippen molar-refractivity contribution in [2.24, 2.45) is 0 Å². The van der Waals surface area contributed by atoms with E-state index in [4.69, 9.17) is 0 Å². The van der Waals surface area contributed by atoms with Gasteiger partial charge in [-0.1, -0.05) is 6.08 Å². The van der Waals surface area contributed by atoms with E-state index in [1.54, 1.807) is 4.52 Å². The molecule has 72 valence electrons. The van der Waals surface area contributed by atoms with E-state index < -0.39 is 0 Å². The predicted molar refractivity (Wildman–Crippen MR) is 55.0 cm³/mol. The number of hydrogen-bond donors (Lipinski definition) is 0. The summed E-state index contributed by atoms with van der Waals surface area (Å²) < 4.78 is 1.75. The molecule has 2 aromatic rings. The molecule has 0 aromatic carbocycles. The van der Waals surface area contributed by atoms with E-state index in [1.165, 1.54) is 0 Å². The van der Waals surface area contributed by atoms with Crippen LogP contribution < -0.4 is 0 Å². The summed E-state index contributed by atoms with van der Waals surface area (Å²) in [6, 6.07) is 1.99. The molecule has 4 heteroatoms. The molecule has 2 aromatic heterocycles. The molecule has 0 amide bonds. The van der Waals surface area contributed by atoms with Gasteiger partial charge in [0.25, 0.3) is 5.78 Å². The second kappa shape index (κ2) is 3.21. The van der Waals surface area contributed by atoms with Crippen molar-refractivity contribution >= 4 is 11.9 Å². The van der Waals surface area contributed by atoms with Crippen molar-refractivity contribution in [3.8, 4) is 0 Å². The molecule has 2 rings (SSSR count). The first-order chi connectivity index (χ1) is 6.70. The van der Waals surface area contributed by atoms with Gasteiger partial charge in [-0.3, -0.25) is 0 Å². The fourth-order valence-corrected chi connectivity index (χ4v) is 1.40. The van der Waals surface area contributed by atoms with E-state index >= 15 is 0 Å². The molecular formula is C10H12N4. The maximum absolute atomic E-state index is 4.30. The molecule has 0 radical (unpaired) electrons. The lowest BCUT2D eigenvalue weighted by Gasteiger charge is -1.97. The molecule has 0 saturated heterocycles. The molecular weight excluding hydrogens is 176 g/mol.